The molecule has 0 unspecified atom stereocenters. The maximum Gasteiger partial charge on any atom is 0.147 e. The summed E-state index contributed by atoms with van der Waals surface area (Å²) in [4.78, 5) is 7.65. The lowest BCUT2D eigenvalue weighted by Crippen LogP contribution is -1.92. The Hall–Kier alpha value is -2.39. The maximum absolute atomic E-state index is 4.99. The van der Waals surface area contributed by atoms with Gasteiger partial charge in [0.2, 0.25) is 0 Å². The van der Waals surface area contributed by atoms with E-state index in [1.807, 2.05) is 11.3 Å². The van der Waals surface area contributed by atoms with Crippen LogP contribution in [0, 0.1) is 13.8 Å². The summed E-state index contributed by atoms with van der Waals surface area (Å²) in [5.41, 5.74) is 6.02. The van der Waals surface area contributed by atoms with Crippen molar-refractivity contribution in [3.8, 4) is 0 Å². The summed E-state index contributed by atoms with van der Waals surface area (Å²) in [5, 5.41) is 3.84. The molecule has 0 bridgehead atoms. The zero-order chi connectivity index (χ0) is 16.4. The second kappa shape index (κ2) is 4.81. The third kappa shape index (κ3) is 1.79. The van der Waals surface area contributed by atoms with Gasteiger partial charge in [-0.3, -0.25) is 4.40 Å². The summed E-state index contributed by atoms with van der Waals surface area (Å²) in [6.45, 7) is 6.52. The van der Waals surface area contributed by atoms with E-state index in [4.69, 9.17) is 4.98 Å². The van der Waals surface area contributed by atoms with Crippen LogP contribution in [0.1, 0.15) is 22.9 Å². The van der Waals surface area contributed by atoms with Crippen molar-refractivity contribution >= 4 is 49.0 Å². The second-order valence-electron chi connectivity index (χ2n) is 6.60. The first-order valence-corrected chi connectivity index (χ1v) is 9.21. The summed E-state index contributed by atoms with van der Waals surface area (Å²) >= 11 is 1.87. The van der Waals surface area contributed by atoms with Gasteiger partial charge in [-0.2, -0.15) is 0 Å². The highest BCUT2D eigenvalue weighted by atomic mass is 32.1. The van der Waals surface area contributed by atoms with Crippen LogP contribution < -0.4 is 0 Å². The zero-order valence-electron chi connectivity index (χ0n) is 14.1. The first-order chi connectivity index (χ1) is 11.7. The number of rotatable bonds is 1. The summed E-state index contributed by atoms with van der Waals surface area (Å²) < 4.78 is 2.36. The first kappa shape index (κ1) is 14.0. The standard InChI is InChI=1S/C21H18N2S/c1-4-14-11-18-21(24-14)23-19-10-13(3)5-7-15(19)17-9-12(2)6-8-16(17)20(23)22-18/h5-11H,4H2,1-3H3. The summed E-state index contributed by atoms with van der Waals surface area (Å²) in [6, 6.07) is 15.7. The molecule has 2 nitrogen and oxygen atoms in total. The summed E-state index contributed by atoms with van der Waals surface area (Å²) in [6.07, 6.45) is 1.06. The zero-order valence-corrected chi connectivity index (χ0v) is 14.9. The van der Waals surface area contributed by atoms with E-state index in [-0.39, 0.29) is 0 Å². The minimum absolute atomic E-state index is 1.06. The Kier molecular flexibility index (Phi) is 2.80. The van der Waals surface area contributed by atoms with Crippen molar-refractivity contribution in [3.63, 3.8) is 0 Å². The normalized spacial score (nSPS) is 12.1. The molecular formula is C21H18N2S. The molecule has 0 aliphatic carbocycles. The Bertz CT molecular complexity index is 1260. The minimum Gasteiger partial charge on any atom is -0.283 e. The molecule has 3 heterocycles. The van der Waals surface area contributed by atoms with E-state index in [1.165, 1.54) is 42.5 Å². The number of aryl methyl sites for hydroxylation is 3. The summed E-state index contributed by atoms with van der Waals surface area (Å²) in [5.74, 6) is 0. The number of nitrogens with zero attached hydrogens (tertiary/aromatic N) is 2. The molecule has 24 heavy (non-hydrogen) atoms. The average molecular weight is 330 g/mol. The van der Waals surface area contributed by atoms with Gasteiger partial charge >= 0.3 is 0 Å². The highest BCUT2D eigenvalue weighted by Crippen LogP contribution is 2.36. The number of benzene rings is 2. The molecule has 0 saturated carbocycles. The van der Waals surface area contributed by atoms with Crippen LogP contribution in [0.15, 0.2) is 42.5 Å². The van der Waals surface area contributed by atoms with Crippen molar-refractivity contribution in [2.75, 3.05) is 0 Å². The van der Waals surface area contributed by atoms with Crippen LogP contribution in [-0.4, -0.2) is 9.38 Å². The van der Waals surface area contributed by atoms with E-state index in [1.54, 1.807) is 0 Å². The van der Waals surface area contributed by atoms with Gasteiger partial charge in [-0.05, 0) is 43.4 Å². The van der Waals surface area contributed by atoms with Gasteiger partial charge in [0.15, 0.2) is 0 Å². The molecule has 5 rings (SSSR count). The van der Waals surface area contributed by atoms with E-state index >= 15 is 0 Å². The van der Waals surface area contributed by atoms with E-state index in [2.05, 4.69) is 67.6 Å². The fourth-order valence-electron chi connectivity index (χ4n) is 3.63. The highest BCUT2D eigenvalue weighted by molar-refractivity contribution is 7.18. The monoisotopic (exact) mass is 330 g/mol. The number of thiophene rings is 1. The molecule has 0 atom stereocenters. The Morgan fingerprint density at radius 3 is 2.46 bits per heavy atom. The van der Waals surface area contributed by atoms with Gasteiger partial charge in [0.05, 0.1) is 5.52 Å². The summed E-state index contributed by atoms with van der Waals surface area (Å²) in [7, 11) is 0. The molecule has 0 saturated heterocycles. The second-order valence-corrected chi connectivity index (χ2v) is 7.71. The van der Waals surface area contributed by atoms with E-state index in [0.29, 0.717) is 0 Å². The molecule has 5 aromatic rings. The van der Waals surface area contributed by atoms with Crippen LogP contribution in [0.4, 0.5) is 0 Å². The van der Waals surface area contributed by atoms with Gasteiger partial charge in [-0.1, -0.05) is 42.8 Å². The van der Waals surface area contributed by atoms with Gasteiger partial charge in [-0.25, -0.2) is 4.98 Å². The number of imidazole rings is 1. The molecule has 3 aromatic heterocycles. The van der Waals surface area contributed by atoms with E-state index in [0.717, 1.165) is 17.6 Å². The Morgan fingerprint density at radius 1 is 0.917 bits per heavy atom. The molecule has 0 N–H and O–H groups in total. The lowest BCUT2D eigenvalue weighted by Gasteiger charge is -2.10. The Labute approximate surface area is 144 Å². The van der Waals surface area contributed by atoms with Crippen molar-refractivity contribution in [3.05, 3.63) is 58.5 Å². The number of hydrogen-bond acceptors (Lipinski definition) is 2. The molecule has 0 aliphatic rings. The number of fused-ring (bicyclic) bond motifs is 8. The van der Waals surface area contributed by atoms with Crippen molar-refractivity contribution in [1.82, 2.24) is 9.38 Å². The van der Waals surface area contributed by atoms with Gasteiger partial charge in [0.25, 0.3) is 0 Å². The number of aromatic nitrogens is 2. The van der Waals surface area contributed by atoms with Crippen molar-refractivity contribution in [1.29, 1.82) is 0 Å². The highest BCUT2D eigenvalue weighted by Gasteiger charge is 2.15. The fraction of sp³-hybridized carbons (Fsp3) is 0.190. The predicted octanol–water partition coefficient (Wildman–Crippen LogP) is 6.03. The SMILES string of the molecule is CCc1cc2nc3c4ccc(C)cc4c4ccc(C)cc4n3c2s1. The van der Waals surface area contributed by atoms with Crippen LogP contribution in [0.3, 0.4) is 0 Å². The molecule has 0 amide bonds. The van der Waals surface area contributed by atoms with Gasteiger partial charge < -0.3 is 0 Å². The van der Waals surface area contributed by atoms with Gasteiger partial charge in [0, 0.05) is 15.6 Å². The third-order valence-electron chi connectivity index (χ3n) is 4.83. The number of hydrogen-bond donors (Lipinski definition) is 0. The fourth-order valence-corrected chi connectivity index (χ4v) is 4.68. The van der Waals surface area contributed by atoms with Crippen molar-refractivity contribution in [2.45, 2.75) is 27.2 Å². The largest absolute Gasteiger partial charge is 0.283 e. The molecule has 0 radical (unpaired) electrons. The lowest BCUT2D eigenvalue weighted by molar-refractivity contribution is 1.19. The quantitative estimate of drug-likeness (QED) is 0.343. The smallest absolute Gasteiger partial charge is 0.147 e. The lowest BCUT2D eigenvalue weighted by atomic mass is 10.0. The van der Waals surface area contributed by atoms with Crippen molar-refractivity contribution in [2.24, 2.45) is 0 Å². The molecule has 0 fully saturated rings. The van der Waals surface area contributed by atoms with Crippen LogP contribution in [0.5, 0.6) is 0 Å². The van der Waals surface area contributed by atoms with E-state index in [9.17, 15) is 0 Å². The van der Waals surface area contributed by atoms with Crippen LogP contribution in [0.25, 0.3) is 37.7 Å². The maximum atomic E-state index is 4.99. The number of pyridine rings is 1. The Morgan fingerprint density at radius 2 is 1.67 bits per heavy atom. The Balaban J connectivity index is 2.13. The third-order valence-corrected chi connectivity index (χ3v) is 6.09. The molecule has 0 spiro atoms. The predicted molar refractivity (Wildman–Crippen MR) is 104 cm³/mol. The minimum atomic E-state index is 1.06. The average Bonchev–Trinajstić information content (AvgIpc) is 3.11. The molecular weight excluding hydrogens is 312 g/mol. The van der Waals surface area contributed by atoms with Gasteiger partial charge in [-0.15, -0.1) is 11.3 Å². The molecule has 3 heteroatoms. The van der Waals surface area contributed by atoms with E-state index < -0.39 is 0 Å². The van der Waals surface area contributed by atoms with Crippen molar-refractivity contribution < 1.29 is 0 Å². The van der Waals surface area contributed by atoms with Gasteiger partial charge in [0.1, 0.15) is 16.0 Å². The van der Waals surface area contributed by atoms with Crippen LogP contribution in [0.2, 0.25) is 0 Å². The molecule has 2 aromatic carbocycles. The van der Waals surface area contributed by atoms with Crippen LogP contribution >= 0.6 is 11.3 Å². The first-order valence-electron chi connectivity index (χ1n) is 8.39. The van der Waals surface area contributed by atoms with Crippen LogP contribution in [-0.2, 0) is 6.42 Å². The molecule has 0 aliphatic heterocycles. The molecule has 118 valence electrons. The topological polar surface area (TPSA) is 17.3 Å².